The van der Waals surface area contributed by atoms with Crippen LogP contribution in [0.4, 0.5) is 13.2 Å². The van der Waals surface area contributed by atoms with Crippen molar-refractivity contribution in [3.63, 3.8) is 0 Å². The van der Waals surface area contributed by atoms with E-state index in [9.17, 15) is 27.9 Å². The van der Waals surface area contributed by atoms with Crippen LogP contribution in [0.2, 0.25) is 0 Å². The van der Waals surface area contributed by atoms with E-state index in [4.69, 9.17) is 4.74 Å². The number of carboxylic acids is 1. The summed E-state index contributed by atoms with van der Waals surface area (Å²) in [4.78, 5) is 25.0. The molecule has 3 rings (SSSR count). The Kier molecular flexibility index (Phi) is 4.17. The second-order valence-electron chi connectivity index (χ2n) is 6.68. The number of hydrogen-bond acceptors (Lipinski definition) is 3. The number of carbonyl (C=O) groups excluding carboxylic acids is 1. The van der Waals surface area contributed by atoms with Crippen LogP contribution in [0.1, 0.15) is 24.8 Å². The number of benzene rings is 1. The first-order valence-corrected chi connectivity index (χ1v) is 8.00. The van der Waals surface area contributed by atoms with E-state index in [0.717, 1.165) is 0 Å². The van der Waals surface area contributed by atoms with Crippen molar-refractivity contribution in [2.24, 2.45) is 5.92 Å². The van der Waals surface area contributed by atoms with Crippen LogP contribution in [0.15, 0.2) is 18.2 Å². The minimum Gasteiger partial charge on any atom is -0.478 e. The molecule has 1 aromatic carbocycles. The Bertz CT molecular complexity index is 714. The number of rotatable bonds is 4. The maximum atomic E-state index is 13.9. The van der Waals surface area contributed by atoms with Crippen LogP contribution in [0, 0.1) is 18.7 Å². The fourth-order valence-corrected chi connectivity index (χ4v) is 3.05. The van der Waals surface area contributed by atoms with E-state index < -0.39 is 41.6 Å². The lowest BCUT2D eigenvalue weighted by Crippen LogP contribution is -2.54. The molecule has 1 atom stereocenters. The Balaban J connectivity index is 1.72. The highest BCUT2D eigenvalue weighted by atomic mass is 19.3. The molecule has 1 saturated carbocycles. The van der Waals surface area contributed by atoms with Gasteiger partial charge in [-0.2, -0.15) is 0 Å². The number of likely N-dealkylation sites (tertiary alicyclic amines) is 1. The molecule has 2 fully saturated rings. The zero-order valence-electron chi connectivity index (χ0n) is 13.6. The number of aryl methyl sites for hydroxylation is 1. The molecule has 1 saturated heterocycles. The van der Waals surface area contributed by atoms with E-state index in [1.165, 1.54) is 23.1 Å². The summed E-state index contributed by atoms with van der Waals surface area (Å²) >= 11 is 0. The molecular weight excluding hydrogens is 339 g/mol. The fourth-order valence-electron chi connectivity index (χ4n) is 3.05. The summed E-state index contributed by atoms with van der Waals surface area (Å²) in [6, 6.07) is 4.13. The highest BCUT2D eigenvalue weighted by Crippen LogP contribution is 2.50. The second-order valence-corrected chi connectivity index (χ2v) is 6.68. The van der Waals surface area contributed by atoms with Crippen molar-refractivity contribution < 1.29 is 32.6 Å². The van der Waals surface area contributed by atoms with Crippen LogP contribution in [0.3, 0.4) is 0 Å². The standard InChI is InChI=1S/C17H18F3NO4/c1-10-2-3-12(18)13(8-10)25-16(15(23)24)4-6-21(7-5-16)14(22)11-9-17(11,19)20/h2-3,8,11H,4-7,9H2,1H3,(H,23,24)/t11-/m1/s1. The van der Waals surface area contributed by atoms with Gasteiger partial charge in [-0.15, -0.1) is 0 Å². The third-order valence-corrected chi connectivity index (χ3v) is 4.79. The molecule has 1 aliphatic carbocycles. The van der Waals surface area contributed by atoms with E-state index in [0.29, 0.717) is 5.56 Å². The molecule has 1 aliphatic heterocycles. The summed E-state index contributed by atoms with van der Waals surface area (Å²) in [6.07, 6.45) is -0.656. The monoisotopic (exact) mass is 357 g/mol. The number of alkyl halides is 2. The van der Waals surface area contributed by atoms with Gasteiger partial charge in [-0.1, -0.05) is 6.07 Å². The molecule has 0 bridgehead atoms. The van der Waals surface area contributed by atoms with Gasteiger partial charge in [-0.05, 0) is 24.6 Å². The number of nitrogens with zero attached hydrogens (tertiary/aromatic N) is 1. The van der Waals surface area contributed by atoms with Gasteiger partial charge in [0.25, 0.3) is 5.92 Å². The zero-order valence-corrected chi connectivity index (χ0v) is 13.6. The summed E-state index contributed by atoms with van der Waals surface area (Å²) < 4.78 is 45.5. The Hall–Kier alpha value is -2.25. The average Bonchev–Trinajstić information content (AvgIpc) is 3.19. The Labute approximate surface area is 142 Å². The van der Waals surface area contributed by atoms with Gasteiger partial charge in [0.05, 0.1) is 0 Å². The number of carbonyl (C=O) groups is 2. The van der Waals surface area contributed by atoms with Gasteiger partial charge in [0.1, 0.15) is 5.92 Å². The predicted molar refractivity (Wildman–Crippen MR) is 81.0 cm³/mol. The third kappa shape index (κ3) is 3.29. The van der Waals surface area contributed by atoms with Crippen LogP contribution in [-0.4, -0.2) is 46.5 Å². The normalized spacial score (nSPS) is 23.8. The van der Waals surface area contributed by atoms with E-state index in [1.807, 2.05) is 0 Å². The molecule has 2 aliphatic rings. The summed E-state index contributed by atoms with van der Waals surface area (Å²) in [6.45, 7) is 1.67. The maximum Gasteiger partial charge on any atom is 0.348 e. The molecule has 25 heavy (non-hydrogen) atoms. The van der Waals surface area contributed by atoms with Crippen molar-refractivity contribution in [2.75, 3.05) is 13.1 Å². The first kappa shape index (κ1) is 17.6. The van der Waals surface area contributed by atoms with Crippen LogP contribution in [0.5, 0.6) is 5.75 Å². The molecular formula is C17H18F3NO4. The number of hydrogen-bond donors (Lipinski definition) is 1. The highest BCUT2D eigenvalue weighted by molar-refractivity contribution is 5.84. The SMILES string of the molecule is Cc1ccc(F)c(OC2(C(=O)O)CCN(C(=O)[C@H]3CC3(F)F)CC2)c1. The van der Waals surface area contributed by atoms with Gasteiger partial charge in [0, 0.05) is 32.4 Å². The molecule has 5 nitrogen and oxygen atoms in total. The third-order valence-electron chi connectivity index (χ3n) is 4.79. The number of piperidine rings is 1. The number of amides is 1. The Morgan fingerprint density at radius 2 is 1.88 bits per heavy atom. The topological polar surface area (TPSA) is 66.8 Å². The largest absolute Gasteiger partial charge is 0.478 e. The smallest absolute Gasteiger partial charge is 0.348 e. The first-order valence-electron chi connectivity index (χ1n) is 8.00. The van der Waals surface area contributed by atoms with Gasteiger partial charge in [-0.25, -0.2) is 18.0 Å². The average molecular weight is 357 g/mol. The molecule has 0 unspecified atom stereocenters. The molecule has 1 heterocycles. The second kappa shape index (κ2) is 5.93. The number of ether oxygens (including phenoxy) is 1. The Morgan fingerprint density at radius 3 is 2.40 bits per heavy atom. The molecule has 1 aromatic rings. The molecule has 0 spiro atoms. The Morgan fingerprint density at radius 1 is 1.28 bits per heavy atom. The van der Waals surface area contributed by atoms with Gasteiger partial charge in [-0.3, -0.25) is 4.79 Å². The van der Waals surface area contributed by atoms with E-state index in [1.54, 1.807) is 6.92 Å². The maximum absolute atomic E-state index is 13.9. The minimum absolute atomic E-state index is 0.0227. The van der Waals surface area contributed by atoms with Crippen molar-refractivity contribution in [1.82, 2.24) is 4.90 Å². The van der Waals surface area contributed by atoms with E-state index >= 15 is 0 Å². The van der Waals surface area contributed by atoms with Gasteiger partial charge in [0.15, 0.2) is 11.6 Å². The fraction of sp³-hybridized carbons (Fsp3) is 0.529. The van der Waals surface area contributed by atoms with Crippen molar-refractivity contribution in [3.8, 4) is 5.75 Å². The summed E-state index contributed by atoms with van der Waals surface area (Å²) in [5.41, 5.74) is -0.974. The van der Waals surface area contributed by atoms with Crippen molar-refractivity contribution >= 4 is 11.9 Å². The molecule has 8 heteroatoms. The van der Waals surface area contributed by atoms with Gasteiger partial charge < -0.3 is 14.7 Å². The van der Waals surface area contributed by atoms with Crippen molar-refractivity contribution in [3.05, 3.63) is 29.6 Å². The first-order chi connectivity index (χ1) is 11.6. The molecule has 0 aromatic heterocycles. The van der Waals surface area contributed by atoms with Crippen molar-refractivity contribution in [2.45, 2.75) is 37.7 Å². The summed E-state index contributed by atoms with van der Waals surface area (Å²) in [7, 11) is 0. The van der Waals surface area contributed by atoms with Gasteiger partial charge in [0.2, 0.25) is 11.5 Å². The van der Waals surface area contributed by atoms with Crippen LogP contribution < -0.4 is 4.74 Å². The molecule has 136 valence electrons. The highest BCUT2D eigenvalue weighted by Gasteiger charge is 2.62. The predicted octanol–water partition coefficient (Wildman–Crippen LogP) is 2.61. The molecule has 0 radical (unpaired) electrons. The lowest BCUT2D eigenvalue weighted by atomic mass is 9.90. The van der Waals surface area contributed by atoms with E-state index in [-0.39, 0.29) is 31.7 Å². The lowest BCUT2D eigenvalue weighted by molar-refractivity contribution is -0.162. The van der Waals surface area contributed by atoms with Crippen LogP contribution in [-0.2, 0) is 9.59 Å². The summed E-state index contributed by atoms with van der Waals surface area (Å²) in [5.74, 6) is -7.04. The lowest BCUT2D eigenvalue weighted by Gasteiger charge is -2.39. The molecule has 1 amide bonds. The minimum atomic E-state index is -2.96. The van der Waals surface area contributed by atoms with Crippen LogP contribution in [0.25, 0.3) is 0 Å². The van der Waals surface area contributed by atoms with Gasteiger partial charge >= 0.3 is 5.97 Å². The van der Waals surface area contributed by atoms with E-state index in [2.05, 4.69) is 0 Å². The number of halogens is 3. The van der Waals surface area contributed by atoms with Crippen LogP contribution >= 0.6 is 0 Å². The number of carboxylic acid groups (broad SMARTS) is 1. The number of aliphatic carboxylic acids is 1. The molecule has 1 N–H and O–H groups in total. The summed E-state index contributed by atoms with van der Waals surface area (Å²) in [5, 5.41) is 9.57. The quantitative estimate of drug-likeness (QED) is 0.900. The van der Waals surface area contributed by atoms with Crippen molar-refractivity contribution in [1.29, 1.82) is 0 Å². The zero-order chi connectivity index (χ0) is 18.4.